The number of rotatable bonds is 3. The number of hydrogen-bond acceptors (Lipinski definition) is 3. The van der Waals surface area contributed by atoms with E-state index < -0.39 is 29.1 Å². The molecule has 2 N–H and O–H groups in total. The molecule has 1 amide bonds. The summed E-state index contributed by atoms with van der Waals surface area (Å²) in [5.41, 5.74) is -0.321. The molecule has 1 aromatic carbocycles. The lowest BCUT2D eigenvalue weighted by Gasteiger charge is -2.46. The monoisotopic (exact) mass is 291 g/mol. The molecule has 1 aromatic rings. The quantitative estimate of drug-likeness (QED) is 0.898. The van der Waals surface area contributed by atoms with Crippen LogP contribution >= 0.6 is 0 Å². The van der Waals surface area contributed by atoms with E-state index >= 15 is 0 Å². The van der Waals surface area contributed by atoms with Crippen molar-refractivity contribution in [3.05, 3.63) is 35.9 Å². The molecule has 0 aliphatic heterocycles. The van der Waals surface area contributed by atoms with E-state index in [1.165, 1.54) is 0 Å². The van der Waals surface area contributed by atoms with Crippen molar-refractivity contribution in [3.63, 3.8) is 0 Å². The molecule has 0 bridgehead atoms. The molecule has 5 heteroatoms. The molecule has 0 spiro atoms. The third-order valence-corrected chi connectivity index (χ3v) is 3.61. The molecule has 0 heterocycles. The minimum atomic E-state index is -0.826. The van der Waals surface area contributed by atoms with E-state index in [0.717, 1.165) is 5.56 Å². The first-order valence-corrected chi connectivity index (χ1v) is 7.01. The highest BCUT2D eigenvalue weighted by Gasteiger charge is 2.50. The zero-order valence-corrected chi connectivity index (χ0v) is 12.6. The van der Waals surface area contributed by atoms with Crippen LogP contribution in [0.2, 0.25) is 0 Å². The highest BCUT2D eigenvalue weighted by molar-refractivity contribution is 5.74. The number of alkyl carbamates (subject to hydrolysis) is 1. The smallest absolute Gasteiger partial charge is 0.408 e. The number of carboxylic acids is 1. The SMILES string of the molecule is CC(C)(C)OC(=O)NC1(c2ccccc2)CC(C(=O)O)C1. The van der Waals surface area contributed by atoms with Crippen molar-refractivity contribution in [1.82, 2.24) is 5.32 Å². The second kappa shape index (κ2) is 5.39. The first kappa shape index (κ1) is 15.4. The Kier molecular flexibility index (Phi) is 3.94. The Morgan fingerprint density at radius 1 is 1.24 bits per heavy atom. The summed E-state index contributed by atoms with van der Waals surface area (Å²) in [6, 6.07) is 9.44. The predicted octanol–water partition coefficient (Wildman–Crippen LogP) is 2.90. The lowest BCUT2D eigenvalue weighted by atomic mass is 9.65. The van der Waals surface area contributed by atoms with Crippen molar-refractivity contribution in [2.45, 2.75) is 44.8 Å². The molecule has 1 fully saturated rings. The number of carbonyl (C=O) groups excluding carboxylic acids is 1. The predicted molar refractivity (Wildman–Crippen MR) is 77.8 cm³/mol. The molecule has 21 heavy (non-hydrogen) atoms. The molecule has 1 saturated carbocycles. The number of hydrogen-bond donors (Lipinski definition) is 2. The number of amides is 1. The summed E-state index contributed by atoms with van der Waals surface area (Å²) >= 11 is 0. The van der Waals surface area contributed by atoms with Crippen molar-refractivity contribution in [2.75, 3.05) is 0 Å². The molecule has 1 aliphatic rings. The van der Waals surface area contributed by atoms with Crippen LogP contribution in [0.3, 0.4) is 0 Å². The maximum atomic E-state index is 12.0. The largest absolute Gasteiger partial charge is 0.481 e. The summed E-state index contributed by atoms with van der Waals surface area (Å²) in [4.78, 5) is 23.1. The molecular formula is C16H21NO4. The van der Waals surface area contributed by atoms with Crippen molar-refractivity contribution in [1.29, 1.82) is 0 Å². The summed E-state index contributed by atoms with van der Waals surface area (Å²) in [5, 5.41) is 12.0. The van der Waals surface area contributed by atoms with Crippen molar-refractivity contribution in [2.24, 2.45) is 5.92 Å². The second-order valence-electron chi connectivity index (χ2n) is 6.52. The number of carbonyl (C=O) groups is 2. The van der Waals surface area contributed by atoms with Crippen molar-refractivity contribution < 1.29 is 19.4 Å². The zero-order valence-electron chi connectivity index (χ0n) is 12.6. The lowest BCUT2D eigenvalue weighted by Crippen LogP contribution is -2.57. The van der Waals surface area contributed by atoms with Crippen LogP contribution in [0.25, 0.3) is 0 Å². The Morgan fingerprint density at radius 3 is 2.29 bits per heavy atom. The van der Waals surface area contributed by atoms with Gasteiger partial charge >= 0.3 is 12.1 Å². The van der Waals surface area contributed by atoms with Gasteiger partial charge in [-0.2, -0.15) is 0 Å². The normalized spacial score (nSPS) is 24.8. The summed E-state index contributed by atoms with van der Waals surface area (Å²) in [6.45, 7) is 5.38. The van der Waals surface area contributed by atoms with Gasteiger partial charge in [0.25, 0.3) is 0 Å². The van der Waals surface area contributed by atoms with Gasteiger partial charge in [0.15, 0.2) is 0 Å². The third kappa shape index (κ3) is 3.54. The molecule has 1 aliphatic carbocycles. The van der Waals surface area contributed by atoms with Gasteiger partial charge in [0.05, 0.1) is 11.5 Å². The van der Waals surface area contributed by atoms with Crippen LogP contribution in [0, 0.1) is 5.92 Å². The molecule has 0 radical (unpaired) electrons. The molecule has 0 aromatic heterocycles. The van der Waals surface area contributed by atoms with Crippen LogP contribution in [0.4, 0.5) is 4.79 Å². The highest BCUT2D eigenvalue weighted by Crippen LogP contribution is 2.45. The minimum absolute atomic E-state index is 0.381. The van der Waals surface area contributed by atoms with Gasteiger partial charge in [0, 0.05) is 0 Å². The van der Waals surface area contributed by atoms with Crippen molar-refractivity contribution in [3.8, 4) is 0 Å². The van der Waals surface area contributed by atoms with Gasteiger partial charge in [0.1, 0.15) is 5.60 Å². The van der Waals surface area contributed by atoms with E-state index in [2.05, 4.69) is 5.32 Å². The van der Waals surface area contributed by atoms with Gasteiger partial charge in [0.2, 0.25) is 0 Å². The van der Waals surface area contributed by atoms with Crippen LogP contribution in [0.5, 0.6) is 0 Å². The van der Waals surface area contributed by atoms with E-state index in [-0.39, 0.29) is 0 Å². The van der Waals surface area contributed by atoms with E-state index in [4.69, 9.17) is 9.84 Å². The first-order valence-electron chi connectivity index (χ1n) is 7.01. The molecule has 0 saturated heterocycles. The van der Waals surface area contributed by atoms with Crippen molar-refractivity contribution >= 4 is 12.1 Å². The van der Waals surface area contributed by atoms with Gasteiger partial charge in [-0.1, -0.05) is 30.3 Å². The Morgan fingerprint density at radius 2 is 1.81 bits per heavy atom. The average Bonchev–Trinajstić information content (AvgIpc) is 2.31. The third-order valence-electron chi connectivity index (χ3n) is 3.61. The Bertz CT molecular complexity index is 527. The maximum Gasteiger partial charge on any atom is 0.408 e. The molecule has 2 rings (SSSR count). The number of nitrogens with one attached hydrogen (secondary N) is 1. The fourth-order valence-corrected chi connectivity index (χ4v) is 2.62. The van der Waals surface area contributed by atoms with Crippen LogP contribution in [0.15, 0.2) is 30.3 Å². The highest BCUT2D eigenvalue weighted by atomic mass is 16.6. The molecule has 114 valence electrons. The van der Waals surface area contributed by atoms with Gasteiger partial charge in [-0.15, -0.1) is 0 Å². The standard InChI is InChI=1S/C16H21NO4/c1-15(2,3)21-14(20)17-16(9-11(10-16)13(18)19)12-7-5-4-6-8-12/h4-8,11H,9-10H2,1-3H3,(H,17,20)(H,18,19). The van der Waals surface area contributed by atoms with Crippen LogP contribution in [0.1, 0.15) is 39.2 Å². The Labute approximate surface area is 124 Å². The molecular weight excluding hydrogens is 270 g/mol. The van der Waals surface area contributed by atoms with Gasteiger partial charge in [-0.3, -0.25) is 4.79 Å². The Balaban J connectivity index is 2.16. The second-order valence-corrected chi connectivity index (χ2v) is 6.52. The number of benzene rings is 1. The average molecular weight is 291 g/mol. The van der Waals surface area contributed by atoms with E-state index in [1.807, 2.05) is 30.3 Å². The van der Waals surface area contributed by atoms with Crippen LogP contribution in [-0.4, -0.2) is 22.8 Å². The van der Waals surface area contributed by atoms with Gasteiger partial charge < -0.3 is 15.2 Å². The summed E-state index contributed by atoms with van der Waals surface area (Å²) in [5.74, 6) is -1.26. The van der Waals surface area contributed by atoms with E-state index in [0.29, 0.717) is 12.8 Å². The fraction of sp³-hybridized carbons (Fsp3) is 0.500. The first-order chi connectivity index (χ1) is 9.72. The summed E-state index contributed by atoms with van der Waals surface area (Å²) in [7, 11) is 0. The topological polar surface area (TPSA) is 75.6 Å². The maximum absolute atomic E-state index is 12.0. The fourth-order valence-electron chi connectivity index (χ4n) is 2.62. The number of ether oxygens (including phenoxy) is 1. The summed E-state index contributed by atoms with van der Waals surface area (Å²) in [6.07, 6.45) is 0.243. The molecule has 5 nitrogen and oxygen atoms in total. The van der Waals surface area contributed by atoms with E-state index in [9.17, 15) is 9.59 Å². The molecule has 0 atom stereocenters. The van der Waals surface area contributed by atoms with Gasteiger partial charge in [-0.25, -0.2) is 4.79 Å². The zero-order chi connectivity index (χ0) is 15.7. The Hall–Kier alpha value is -2.04. The molecule has 0 unspecified atom stereocenters. The minimum Gasteiger partial charge on any atom is -0.481 e. The lowest BCUT2D eigenvalue weighted by molar-refractivity contribution is -0.148. The number of carboxylic acid groups (broad SMARTS) is 1. The summed E-state index contributed by atoms with van der Waals surface area (Å²) < 4.78 is 5.29. The van der Waals surface area contributed by atoms with E-state index in [1.54, 1.807) is 20.8 Å². The van der Waals surface area contributed by atoms with Gasteiger partial charge in [-0.05, 0) is 39.2 Å². The van der Waals surface area contributed by atoms with Crippen LogP contribution in [-0.2, 0) is 15.1 Å². The van der Waals surface area contributed by atoms with Crippen LogP contribution < -0.4 is 5.32 Å². The number of aliphatic carboxylic acids is 1.